The summed E-state index contributed by atoms with van der Waals surface area (Å²) >= 11 is 46.8. The fraction of sp³-hybridized carbons (Fsp3) is 0.176. The lowest BCUT2D eigenvalue weighted by Crippen LogP contribution is -2.57. The van der Waals surface area contributed by atoms with E-state index in [0.29, 0.717) is 20.8 Å². The monoisotopic (exact) mass is 567 g/mol. The summed E-state index contributed by atoms with van der Waals surface area (Å²) in [4.78, 5) is 12.3. The first kappa shape index (κ1) is 25.7. The molecule has 2 aromatic carbocycles. The molecule has 0 aliphatic heterocycles. The molecule has 1 atom stereocenters. The first-order valence-corrected chi connectivity index (χ1v) is 11.0. The highest BCUT2D eigenvalue weighted by molar-refractivity contribution is 7.80. The van der Waals surface area contributed by atoms with Gasteiger partial charge in [-0.2, -0.15) is 0 Å². The van der Waals surface area contributed by atoms with Crippen molar-refractivity contribution in [3.05, 3.63) is 56.5 Å². The van der Waals surface area contributed by atoms with Crippen molar-refractivity contribution in [2.75, 3.05) is 11.9 Å². The largest absolute Gasteiger partial charge is 0.482 e. The summed E-state index contributed by atoms with van der Waals surface area (Å²) in [5.74, 6) is -0.332. The van der Waals surface area contributed by atoms with Crippen LogP contribution in [0.1, 0.15) is 0 Å². The predicted molar refractivity (Wildman–Crippen MR) is 130 cm³/mol. The van der Waals surface area contributed by atoms with E-state index < -0.39 is 22.5 Å². The van der Waals surface area contributed by atoms with Gasteiger partial charge in [-0.3, -0.25) is 4.79 Å². The minimum Gasteiger partial charge on any atom is -0.482 e. The molecule has 0 fully saturated rings. The smallest absolute Gasteiger partial charge is 0.259 e. The van der Waals surface area contributed by atoms with Gasteiger partial charge in [0.25, 0.3) is 5.91 Å². The summed E-state index contributed by atoms with van der Waals surface area (Å²) < 4.78 is 3.42. The fourth-order valence-electron chi connectivity index (χ4n) is 2.02. The Morgan fingerprint density at radius 3 is 2.13 bits per heavy atom. The van der Waals surface area contributed by atoms with Crippen LogP contribution in [0.3, 0.4) is 0 Å². The van der Waals surface area contributed by atoms with Gasteiger partial charge < -0.3 is 20.7 Å². The van der Waals surface area contributed by atoms with Gasteiger partial charge >= 0.3 is 0 Å². The summed E-state index contributed by atoms with van der Waals surface area (Å²) in [6, 6.07) is 9.34. The molecule has 0 radical (unpaired) electrons. The van der Waals surface area contributed by atoms with Crippen molar-refractivity contribution in [2.24, 2.45) is 0 Å². The Kier molecular flexibility index (Phi) is 9.71. The van der Waals surface area contributed by atoms with E-state index in [1.165, 1.54) is 18.2 Å². The Morgan fingerprint density at radius 2 is 1.57 bits per heavy atom. The van der Waals surface area contributed by atoms with E-state index in [4.69, 9.17) is 98.2 Å². The Bertz CT molecular complexity index is 940. The second kappa shape index (κ2) is 11.3. The van der Waals surface area contributed by atoms with Crippen LogP contribution in [0.2, 0.25) is 20.1 Å². The number of benzene rings is 2. The van der Waals surface area contributed by atoms with Gasteiger partial charge in [-0.15, -0.1) is 0 Å². The number of carbonyl (C=O) groups excluding carboxylic acids is 1. The molecule has 0 aliphatic carbocycles. The molecular formula is C17H12Cl7N3O2S. The standard InChI is InChI=1S/C17H12Cl7N3O2S/c18-8-1-3-12(10(20)5-8)25-16(30)27-15(17(22,23)24)26-14(28)7-29-13-4-2-9(19)6-11(13)21/h1-6,15H,7H2,(H,26,28)(H2,25,27,30)/t15-/m0/s1. The van der Waals surface area contributed by atoms with Crippen LogP contribution in [0.5, 0.6) is 5.75 Å². The summed E-state index contributed by atoms with van der Waals surface area (Å²) in [5.41, 5.74) is 0.466. The van der Waals surface area contributed by atoms with Crippen molar-refractivity contribution < 1.29 is 9.53 Å². The van der Waals surface area contributed by atoms with Crippen molar-refractivity contribution in [2.45, 2.75) is 9.96 Å². The average Bonchev–Trinajstić information content (AvgIpc) is 2.62. The molecule has 1 amide bonds. The highest BCUT2D eigenvalue weighted by Gasteiger charge is 2.34. The van der Waals surface area contributed by atoms with E-state index in [1.807, 2.05) is 0 Å². The first-order valence-electron chi connectivity index (χ1n) is 7.92. The first-order chi connectivity index (χ1) is 14.0. The number of hydrogen-bond donors (Lipinski definition) is 3. The lowest BCUT2D eigenvalue weighted by Gasteiger charge is -2.28. The molecule has 0 saturated carbocycles. The Balaban J connectivity index is 1.97. The molecular weight excluding hydrogens is 558 g/mol. The zero-order valence-electron chi connectivity index (χ0n) is 14.6. The van der Waals surface area contributed by atoms with Gasteiger partial charge in [0.05, 0.1) is 15.7 Å². The topological polar surface area (TPSA) is 62.4 Å². The Hall–Kier alpha value is -0.570. The lowest BCUT2D eigenvalue weighted by atomic mass is 10.3. The molecule has 3 N–H and O–H groups in total. The molecule has 2 rings (SSSR count). The van der Waals surface area contributed by atoms with Crippen LogP contribution in [0.4, 0.5) is 5.69 Å². The van der Waals surface area contributed by atoms with Crippen LogP contribution in [0.15, 0.2) is 36.4 Å². The summed E-state index contributed by atoms with van der Waals surface area (Å²) in [5, 5.41) is 9.50. The Morgan fingerprint density at radius 1 is 0.967 bits per heavy atom. The number of hydrogen-bond acceptors (Lipinski definition) is 3. The van der Waals surface area contributed by atoms with Gasteiger partial charge in [-0.25, -0.2) is 0 Å². The SMILES string of the molecule is O=C(COc1ccc(Cl)cc1Cl)N[C@@H](NC(=S)Nc1ccc(Cl)cc1Cl)C(Cl)(Cl)Cl. The van der Waals surface area contributed by atoms with E-state index in [-0.39, 0.29) is 15.9 Å². The van der Waals surface area contributed by atoms with Crippen LogP contribution in [-0.2, 0) is 4.79 Å². The van der Waals surface area contributed by atoms with Gasteiger partial charge in [0.1, 0.15) is 11.9 Å². The second-order valence-electron chi connectivity index (χ2n) is 5.63. The van der Waals surface area contributed by atoms with Crippen LogP contribution in [0, 0.1) is 0 Å². The van der Waals surface area contributed by atoms with Gasteiger partial charge in [-0.05, 0) is 48.6 Å². The van der Waals surface area contributed by atoms with Gasteiger partial charge in [0.15, 0.2) is 11.7 Å². The molecule has 0 heterocycles. The number of carbonyl (C=O) groups is 1. The van der Waals surface area contributed by atoms with Crippen LogP contribution < -0.4 is 20.7 Å². The molecule has 13 heteroatoms. The molecule has 0 aromatic heterocycles. The summed E-state index contributed by atoms with van der Waals surface area (Å²) in [6.07, 6.45) is -1.19. The number of thiocarbonyl (C=S) groups is 1. The molecule has 162 valence electrons. The fourth-order valence-corrected chi connectivity index (χ4v) is 3.49. The van der Waals surface area contributed by atoms with Crippen molar-refractivity contribution >= 4 is 110 Å². The normalized spacial score (nSPS) is 12.1. The number of ether oxygens (including phenoxy) is 1. The highest BCUT2D eigenvalue weighted by Crippen LogP contribution is 2.30. The number of amides is 1. The summed E-state index contributed by atoms with van der Waals surface area (Å²) in [6.45, 7) is -0.399. The average molecular weight is 571 g/mol. The lowest BCUT2D eigenvalue weighted by molar-refractivity contribution is -0.123. The zero-order valence-corrected chi connectivity index (χ0v) is 20.7. The minimum absolute atomic E-state index is 0.0394. The van der Waals surface area contributed by atoms with Crippen molar-refractivity contribution in [1.82, 2.24) is 10.6 Å². The van der Waals surface area contributed by atoms with Crippen molar-refractivity contribution in [3.63, 3.8) is 0 Å². The number of nitrogens with one attached hydrogen (secondary N) is 3. The molecule has 0 bridgehead atoms. The zero-order chi connectivity index (χ0) is 22.5. The second-order valence-corrected chi connectivity index (χ2v) is 10.1. The molecule has 0 spiro atoms. The van der Waals surface area contributed by atoms with Crippen LogP contribution in [-0.4, -0.2) is 27.6 Å². The number of alkyl halides is 3. The molecule has 0 saturated heterocycles. The Labute approximate surface area is 213 Å². The van der Waals surface area contributed by atoms with Gasteiger partial charge in [-0.1, -0.05) is 81.2 Å². The van der Waals surface area contributed by atoms with Crippen molar-refractivity contribution in [1.29, 1.82) is 0 Å². The summed E-state index contributed by atoms with van der Waals surface area (Å²) in [7, 11) is 0. The van der Waals surface area contributed by atoms with E-state index in [9.17, 15) is 4.79 Å². The molecule has 5 nitrogen and oxygen atoms in total. The third kappa shape index (κ3) is 8.17. The van der Waals surface area contributed by atoms with Crippen molar-refractivity contribution in [3.8, 4) is 5.75 Å². The highest BCUT2D eigenvalue weighted by atomic mass is 35.6. The molecule has 0 unspecified atom stereocenters. The van der Waals surface area contributed by atoms with Gasteiger partial charge in [0, 0.05) is 10.0 Å². The number of halogens is 7. The van der Waals surface area contributed by atoms with Crippen LogP contribution in [0.25, 0.3) is 0 Å². The van der Waals surface area contributed by atoms with E-state index in [1.54, 1.807) is 18.2 Å². The maximum absolute atomic E-state index is 12.3. The quantitative estimate of drug-likeness (QED) is 0.211. The third-order valence-corrected chi connectivity index (χ3v) is 5.29. The molecule has 0 aliphatic rings. The third-order valence-electron chi connectivity index (χ3n) is 3.34. The number of rotatable bonds is 6. The number of anilines is 1. The molecule has 30 heavy (non-hydrogen) atoms. The molecule has 2 aromatic rings. The minimum atomic E-state index is -1.94. The maximum Gasteiger partial charge on any atom is 0.259 e. The maximum atomic E-state index is 12.3. The van der Waals surface area contributed by atoms with E-state index >= 15 is 0 Å². The van der Waals surface area contributed by atoms with Gasteiger partial charge in [0.2, 0.25) is 3.79 Å². The van der Waals surface area contributed by atoms with E-state index in [0.717, 1.165) is 0 Å². The van der Waals surface area contributed by atoms with Crippen LogP contribution >= 0.6 is 93.4 Å². The predicted octanol–water partition coefficient (Wildman–Crippen LogP) is 6.48. The van der Waals surface area contributed by atoms with E-state index in [2.05, 4.69) is 16.0 Å².